The summed E-state index contributed by atoms with van der Waals surface area (Å²) in [4.78, 5) is 17.1. The number of sulfone groups is 1. The second-order valence-corrected chi connectivity index (χ2v) is 9.57. The first kappa shape index (κ1) is 20.3. The Morgan fingerprint density at radius 1 is 1.04 bits per heavy atom. The van der Waals surface area contributed by atoms with E-state index in [1.165, 1.54) is 0 Å². The number of nitrogens with zero attached hydrogens (tertiary/aromatic N) is 2. The maximum absolute atomic E-state index is 12.5. The molecule has 0 atom stereocenters. The van der Waals surface area contributed by atoms with E-state index in [1.807, 2.05) is 4.90 Å². The lowest BCUT2D eigenvalue weighted by molar-refractivity contribution is -0.132. The third-order valence-electron chi connectivity index (χ3n) is 5.83. The molecule has 0 radical (unpaired) electrons. The van der Waals surface area contributed by atoms with Gasteiger partial charge in [0.25, 0.3) is 0 Å². The number of likely N-dealkylation sites (tertiary alicyclic amines) is 2. The number of benzene rings is 1. The SMILES string of the molecule is COC1CCN(C2CCN(C(=O)CCS(=O)(=O)c3ccccc3)CC2)CC1. The van der Waals surface area contributed by atoms with E-state index in [-0.39, 0.29) is 23.0 Å². The van der Waals surface area contributed by atoms with E-state index in [0.717, 1.165) is 51.9 Å². The molecule has 0 aliphatic carbocycles. The van der Waals surface area contributed by atoms with E-state index >= 15 is 0 Å². The Bertz CT molecular complexity index is 707. The molecule has 6 nitrogen and oxygen atoms in total. The molecule has 2 fully saturated rings. The average molecular weight is 395 g/mol. The topological polar surface area (TPSA) is 66.9 Å². The highest BCUT2D eigenvalue weighted by molar-refractivity contribution is 7.91. The van der Waals surface area contributed by atoms with Gasteiger partial charge in [0.15, 0.2) is 9.84 Å². The van der Waals surface area contributed by atoms with Crippen LogP contribution in [0, 0.1) is 0 Å². The number of carbonyl (C=O) groups excluding carboxylic acids is 1. The normalized spacial score (nSPS) is 20.7. The number of hydrogen-bond acceptors (Lipinski definition) is 5. The molecule has 0 bridgehead atoms. The molecule has 2 heterocycles. The number of piperidine rings is 2. The van der Waals surface area contributed by atoms with Gasteiger partial charge in [0.1, 0.15) is 0 Å². The van der Waals surface area contributed by atoms with E-state index in [4.69, 9.17) is 4.74 Å². The number of hydrogen-bond donors (Lipinski definition) is 0. The van der Waals surface area contributed by atoms with Crippen molar-refractivity contribution >= 4 is 15.7 Å². The second kappa shape index (κ2) is 9.17. The van der Waals surface area contributed by atoms with Gasteiger partial charge in [-0.2, -0.15) is 0 Å². The standard InChI is InChI=1S/C20H30N2O4S/c1-26-18-9-14-21(15-10-18)17-7-12-22(13-8-17)20(23)11-16-27(24,25)19-5-3-2-4-6-19/h2-6,17-18H,7-16H2,1H3. The first-order valence-electron chi connectivity index (χ1n) is 9.82. The zero-order chi connectivity index (χ0) is 19.3. The molecule has 2 aliphatic rings. The van der Waals surface area contributed by atoms with Gasteiger partial charge in [0, 0.05) is 45.8 Å². The molecule has 0 saturated carbocycles. The smallest absolute Gasteiger partial charge is 0.223 e. The summed E-state index contributed by atoms with van der Waals surface area (Å²) in [5.41, 5.74) is 0. The molecule has 1 aromatic carbocycles. The molecule has 0 unspecified atom stereocenters. The van der Waals surface area contributed by atoms with Crippen molar-refractivity contribution < 1.29 is 17.9 Å². The Hall–Kier alpha value is -1.44. The first-order valence-corrected chi connectivity index (χ1v) is 11.5. The quantitative estimate of drug-likeness (QED) is 0.738. The first-order chi connectivity index (χ1) is 13.0. The molecular weight excluding hydrogens is 364 g/mol. The maximum Gasteiger partial charge on any atom is 0.223 e. The number of amides is 1. The van der Waals surface area contributed by atoms with Crippen LogP contribution in [0.5, 0.6) is 0 Å². The third kappa shape index (κ3) is 5.30. The van der Waals surface area contributed by atoms with Gasteiger partial charge in [0.05, 0.1) is 16.8 Å². The van der Waals surface area contributed by atoms with Gasteiger partial charge >= 0.3 is 0 Å². The highest BCUT2D eigenvalue weighted by Gasteiger charge is 2.30. The molecule has 3 rings (SSSR count). The van der Waals surface area contributed by atoms with E-state index in [1.54, 1.807) is 37.4 Å². The number of ether oxygens (including phenoxy) is 1. The van der Waals surface area contributed by atoms with Crippen LogP contribution in [0.2, 0.25) is 0 Å². The van der Waals surface area contributed by atoms with Gasteiger partial charge in [-0.3, -0.25) is 4.79 Å². The molecule has 27 heavy (non-hydrogen) atoms. The Morgan fingerprint density at radius 2 is 1.67 bits per heavy atom. The Kier molecular flexibility index (Phi) is 6.89. The number of rotatable bonds is 6. The van der Waals surface area contributed by atoms with Crippen molar-refractivity contribution in [3.63, 3.8) is 0 Å². The van der Waals surface area contributed by atoms with Crippen molar-refractivity contribution in [3.05, 3.63) is 30.3 Å². The molecule has 0 spiro atoms. The maximum atomic E-state index is 12.5. The largest absolute Gasteiger partial charge is 0.381 e. The predicted octanol–water partition coefficient (Wildman–Crippen LogP) is 1.95. The van der Waals surface area contributed by atoms with Crippen molar-refractivity contribution in [2.75, 3.05) is 39.0 Å². The summed E-state index contributed by atoms with van der Waals surface area (Å²) in [6, 6.07) is 8.88. The summed E-state index contributed by atoms with van der Waals surface area (Å²) < 4.78 is 30.1. The number of carbonyl (C=O) groups is 1. The molecular formula is C20H30N2O4S. The fourth-order valence-corrected chi connectivity index (χ4v) is 5.33. The summed E-state index contributed by atoms with van der Waals surface area (Å²) in [7, 11) is -1.62. The lowest BCUT2D eigenvalue weighted by atomic mass is 9.98. The zero-order valence-corrected chi connectivity index (χ0v) is 16.9. The van der Waals surface area contributed by atoms with Crippen LogP contribution in [-0.2, 0) is 19.4 Å². The minimum Gasteiger partial charge on any atom is -0.381 e. The molecule has 2 aliphatic heterocycles. The molecule has 1 aromatic rings. The summed E-state index contributed by atoms with van der Waals surface area (Å²) in [6.07, 6.45) is 4.53. The molecule has 1 amide bonds. The van der Waals surface area contributed by atoms with Gasteiger partial charge in [-0.25, -0.2) is 8.42 Å². The third-order valence-corrected chi connectivity index (χ3v) is 7.56. The van der Waals surface area contributed by atoms with Gasteiger partial charge in [-0.1, -0.05) is 18.2 Å². The van der Waals surface area contributed by atoms with Gasteiger partial charge in [0.2, 0.25) is 5.91 Å². The van der Waals surface area contributed by atoms with Crippen molar-refractivity contribution in [2.45, 2.75) is 49.1 Å². The molecule has 2 saturated heterocycles. The summed E-state index contributed by atoms with van der Waals surface area (Å²) in [6.45, 7) is 3.57. The van der Waals surface area contributed by atoms with Gasteiger partial charge < -0.3 is 14.5 Å². The monoisotopic (exact) mass is 394 g/mol. The van der Waals surface area contributed by atoms with Crippen LogP contribution < -0.4 is 0 Å². The summed E-state index contributed by atoms with van der Waals surface area (Å²) >= 11 is 0. The Balaban J connectivity index is 1.44. The van der Waals surface area contributed by atoms with E-state index in [9.17, 15) is 13.2 Å². The highest BCUT2D eigenvalue weighted by atomic mass is 32.2. The summed E-state index contributed by atoms with van der Waals surface area (Å²) in [5, 5.41) is 0. The van der Waals surface area contributed by atoms with Crippen molar-refractivity contribution in [1.29, 1.82) is 0 Å². The Labute approximate surface area is 162 Å². The van der Waals surface area contributed by atoms with E-state index < -0.39 is 9.84 Å². The minimum atomic E-state index is -3.40. The molecule has 0 N–H and O–H groups in total. The van der Waals surface area contributed by atoms with E-state index in [0.29, 0.717) is 12.1 Å². The molecule has 150 valence electrons. The number of methoxy groups -OCH3 is 1. The van der Waals surface area contributed by atoms with Crippen LogP contribution in [0.25, 0.3) is 0 Å². The second-order valence-electron chi connectivity index (χ2n) is 7.46. The molecule has 0 aromatic heterocycles. The minimum absolute atomic E-state index is 0.0500. The van der Waals surface area contributed by atoms with Crippen molar-refractivity contribution in [2.24, 2.45) is 0 Å². The van der Waals surface area contributed by atoms with Crippen LogP contribution in [-0.4, -0.2) is 75.3 Å². The van der Waals surface area contributed by atoms with Crippen LogP contribution in [0.3, 0.4) is 0 Å². The summed E-state index contributed by atoms with van der Waals surface area (Å²) in [5.74, 6) is -0.175. The van der Waals surface area contributed by atoms with Gasteiger partial charge in [-0.15, -0.1) is 0 Å². The van der Waals surface area contributed by atoms with Crippen molar-refractivity contribution in [3.8, 4) is 0 Å². The van der Waals surface area contributed by atoms with Crippen LogP contribution in [0.4, 0.5) is 0 Å². The van der Waals surface area contributed by atoms with Crippen molar-refractivity contribution in [1.82, 2.24) is 9.80 Å². The predicted molar refractivity (Wildman–Crippen MR) is 104 cm³/mol. The Morgan fingerprint density at radius 3 is 2.26 bits per heavy atom. The van der Waals surface area contributed by atoms with Crippen LogP contribution in [0.1, 0.15) is 32.1 Å². The highest BCUT2D eigenvalue weighted by Crippen LogP contribution is 2.22. The fourth-order valence-electron chi connectivity index (χ4n) is 4.08. The van der Waals surface area contributed by atoms with Crippen LogP contribution >= 0.6 is 0 Å². The van der Waals surface area contributed by atoms with Gasteiger partial charge in [-0.05, 0) is 37.8 Å². The van der Waals surface area contributed by atoms with E-state index in [2.05, 4.69) is 4.90 Å². The van der Waals surface area contributed by atoms with Crippen LogP contribution in [0.15, 0.2) is 35.2 Å². The lowest BCUT2D eigenvalue weighted by Crippen LogP contribution is -2.49. The average Bonchev–Trinajstić information content (AvgIpc) is 2.73. The fraction of sp³-hybridized carbons (Fsp3) is 0.650. The zero-order valence-electron chi connectivity index (χ0n) is 16.0. The lowest BCUT2D eigenvalue weighted by Gasteiger charge is -2.41. The molecule has 7 heteroatoms.